The minimum atomic E-state index is -0.0652. The van der Waals surface area contributed by atoms with Crippen LogP contribution in [0.2, 0.25) is 0 Å². The van der Waals surface area contributed by atoms with Crippen LogP contribution >= 0.6 is 0 Å². The van der Waals surface area contributed by atoms with Gasteiger partial charge < -0.3 is 5.32 Å². The first-order valence-corrected chi connectivity index (χ1v) is 4.85. The van der Waals surface area contributed by atoms with Crippen molar-refractivity contribution in [2.45, 2.75) is 52.5 Å². The van der Waals surface area contributed by atoms with Crippen LogP contribution in [-0.2, 0) is 4.79 Å². The van der Waals surface area contributed by atoms with Crippen molar-refractivity contribution in [2.75, 3.05) is 0 Å². The molecule has 0 saturated heterocycles. The molecule has 12 heavy (non-hydrogen) atoms. The van der Waals surface area contributed by atoms with Gasteiger partial charge in [0.15, 0.2) is 0 Å². The van der Waals surface area contributed by atoms with Gasteiger partial charge in [-0.2, -0.15) is 0 Å². The van der Waals surface area contributed by atoms with Crippen molar-refractivity contribution in [3.63, 3.8) is 0 Å². The quantitative estimate of drug-likeness (QED) is 0.673. The van der Waals surface area contributed by atoms with E-state index in [1.165, 1.54) is 12.8 Å². The zero-order chi connectivity index (χ0) is 9.19. The van der Waals surface area contributed by atoms with E-state index in [4.69, 9.17) is 0 Å². The molecular formula is C10H19NO. The lowest BCUT2D eigenvalue weighted by atomic mass is 9.87. The Morgan fingerprint density at radius 1 is 1.33 bits per heavy atom. The van der Waals surface area contributed by atoms with Gasteiger partial charge in [-0.25, -0.2) is 0 Å². The lowest BCUT2D eigenvalue weighted by molar-refractivity contribution is -0.130. The molecule has 0 radical (unpaired) electrons. The third kappa shape index (κ3) is 1.99. The van der Waals surface area contributed by atoms with Gasteiger partial charge in [-0.05, 0) is 26.7 Å². The normalized spacial score (nSPS) is 21.3. The minimum absolute atomic E-state index is 0.0652. The third-order valence-electron chi connectivity index (χ3n) is 2.68. The molecule has 0 bridgehead atoms. The minimum Gasteiger partial charge on any atom is -0.353 e. The number of hydrogen-bond acceptors (Lipinski definition) is 1. The summed E-state index contributed by atoms with van der Waals surface area (Å²) in [6, 6.07) is 0.273. The molecule has 1 amide bonds. The van der Waals surface area contributed by atoms with Crippen molar-refractivity contribution in [1.29, 1.82) is 0 Å². The third-order valence-corrected chi connectivity index (χ3v) is 2.68. The molecule has 0 aromatic carbocycles. The first-order valence-electron chi connectivity index (χ1n) is 4.85. The van der Waals surface area contributed by atoms with E-state index < -0.39 is 0 Å². The van der Waals surface area contributed by atoms with Crippen LogP contribution in [0.3, 0.4) is 0 Å². The van der Waals surface area contributed by atoms with Gasteiger partial charge in [0.2, 0.25) is 5.91 Å². The van der Waals surface area contributed by atoms with Crippen molar-refractivity contribution in [1.82, 2.24) is 5.32 Å². The van der Waals surface area contributed by atoms with Gasteiger partial charge in [-0.1, -0.05) is 19.8 Å². The molecule has 0 heterocycles. The molecule has 0 aliphatic heterocycles. The molecule has 1 aliphatic carbocycles. The molecule has 2 heteroatoms. The molecule has 0 aromatic heterocycles. The predicted octanol–water partition coefficient (Wildman–Crippen LogP) is 2.09. The Kier molecular flexibility index (Phi) is 2.76. The SMILES string of the molecule is CC(C)NC(=O)C1(C)CCCC1. The highest BCUT2D eigenvalue weighted by Crippen LogP contribution is 2.37. The Morgan fingerprint density at radius 2 is 1.83 bits per heavy atom. The summed E-state index contributed by atoms with van der Waals surface area (Å²) in [4.78, 5) is 11.7. The van der Waals surface area contributed by atoms with Gasteiger partial charge in [-0.3, -0.25) is 4.79 Å². The van der Waals surface area contributed by atoms with Gasteiger partial charge in [0.1, 0.15) is 0 Å². The van der Waals surface area contributed by atoms with Crippen LogP contribution in [-0.4, -0.2) is 11.9 Å². The zero-order valence-electron chi connectivity index (χ0n) is 8.31. The summed E-state index contributed by atoms with van der Waals surface area (Å²) in [5, 5.41) is 2.99. The molecule has 1 rings (SSSR count). The van der Waals surface area contributed by atoms with E-state index in [0.717, 1.165) is 12.8 Å². The lowest BCUT2D eigenvalue weighted by Crippen LogP contribution is -2.40. The molecule has 2 nitrogen and oxygen atoms in total. The molecule has 0 atom stereocenters. The van der Waals surface area contributed by atoms with Crippen LogP contribution in [0.4, 0.5) is 0 Å². The fourth-order valence-electron chi connectivity index (χ4n) is 1.82. The summed E-state index contributed by atoms with van der Waals surface area (Å²) in [6.07, 6.45) is 4.54. The fraction of sp³-hybridized carbons (Fsp3) is 0.900. The second-order valence-corrected chi connectivity index (χ2v) is 4.40. The lowest BCUT2D eigenvalue weighted by Gasteiger charge is -2.23. The van der Waals surface area contributed by atoms with Gasteiger partial charge in [0.25, 0.3) is 0 Å². The van der Waals surface area contributed by atoms with Gasteiger partial charge in [0.05, 0.1) is 0 Å². The Morgan fingerprint density at radius 3 is 2.25 bits per heavy atom. The monoisotopic (exact) mass is 169 g/mol. The molecule has 70 valence electrons. The van der Waals surface area contributed by atoms with Crippen molar-refractivity contribution < 1.29 is 4.79 Å². The van der Waals surface area contributed by atoms with E-state index in [2.05, 4.69) is 12.2 Å². The summed E-state index contributed by atoms with van der Waals surface area (Å²) in [5.74, 6) is 0.245. The maximum absolute atomic E-state index is 11.7. The van der Waals surface area contributed by atoms with E-state index in [9.17, 15) is 4.79 Å². The highest BCUT2D eigenvalue weighted by molar-refractivity contribution is 5.82. The predicted molar refractivity (Wildman–Crippen MR) is 49.9 cm³/mol. The smallest absolute Gasteiger partial charge is 0.226 e. The molecule has 1 N–H and O–H groups in total. The number of amides is 1. The van der Waals surface area contributed by atoms with Crippen LogP contribution < -0.4 is 5.32 Å². The Labute approximate surface area is 74.7 Å². The maximum Gasteiger partial charge on any atom is 0.226 e. The largest absolute Gasteiger partial charge is 0.353 e. The second kappa shape index (κ2) is 3.46. The van der Waals surface area contributed by atoms with E-state index in [0.29, 0.717) is 0 Å². The van der Waals surface area contributed by atoms with Crippen LogP contribution in [0, 0.1) is 5.41 Å². The number of rotatable bonds is 2. The molecule has 1 aliphatic rings. The molecule has 0 spiro atoms. The van der Waals surface area contributed by atoms with Gasteiger partial charge in [-0.15, -0.1) is 0 Å². The van der Waals surface area contributed by atoms with E-state index in [-0.39, 0.29) is 17.4 Å². The summed E-state index contributed by atoms with van der Waals surface area (Å²) >= 11 is 0. The summed E-state index contributed by atoms with van der Waals surface area (Å²) in [6.45, 7) is 6.10. The van der Waals surface area contributed by atoms with Crippen LogP contribution in [0.1, 0.15) is 46.5 Å². The first-order chi connectivity index (χ1) is 5.54. The van der Waals surface area contributed by atoms with E-state index in [1.54, 1.807) is 0 Å². The molecule has 0 aromatic rings. The van der Waals surface area contributed by atoms with Crippen molar-refractivity contribution in [3.05, 3.63) is 0 Å². The highest BCUT2D eigenvalue weighted by atomic mass is 16.2. The summed E-state index contributed by atoms with van der Waals surface area (Å²) in [5.41, 5.74) is -0.0652. The van der Waals surface area contributed by atoms with Crippen molar-refractivity contribution >= 4 is 5.91 Å². The topological polar surface area (TPSA) is 29.1 Å². The van der Waals surface area contributed by atoms with Crippen molar-refractivity contribution in [3.8, 4) is 0 Å². The number of carbonyl (C=O) groups is 1. The second-order valence-electron chi connectivity index (χ2n) is 4.40. The average molecular weight is 169 g/mol. The maximum atomic E-state index is 11.7. The Hall–Kier alpha value is -0.530. The first kappa shape index (κ1) is 9.56. The number of hydrogen-bond donors (Lipinski definition) is 1. The zero-order valence-corrected chi connectivity index (χ0v) is 8.31. The van der Waals surface area contributed by atoms with Gasteiger partial charge >= 0.3 is 0 Å². The Bertz CT molecular complexity index is 169. The van der Waals surface area contributed by atoms with E-state index in [1.807, 2.05) is 13.8 Å². The summed E-state index contributed by atoms with van der Waals surface area (Å²) in [7, 11) is 0. The van der Waals surface area contributed by atoms with Crippen LogP contribution in [0.25, 0.3) is 0 Å². The number of nitrogens with one attached hydrogen (secondary N) is 1. The number of carbonyl (C=O) groups excluding carboxylic acids is 1. The molecular weight excluding hydrogens is 150 g/mol. The Balaban J connectivity index is 2.50. The van der Waals surface area contributed by atoms with Crippen LogP contribution in [0.15, 0.2) is 0 Å². The summed E-state index contributed by atoms with van der Waals surface area (Å²) < 4.78 is 0. The molecule has 1 fully saturated rings. The standard InChI is InChI=1S/C10H19NO/c1-8(2)11-9(12)10(3)6-4-5-7-10/h8H,4-7H2,1-3H3,(H,11,12). The highest BCUT2D eigenvalue weighted by Gasteiger charge is 2.36. The van der Waals surface area contributed by atoms with Crippen LogP contribution in [0.5, 0.6) is 0 Å². The van der Waals surface area contributed by atoms with Crippen molar-refractivity contribution in [2.24, 2.45) is 5.41 Å². The van der Waals surface area contributed by atoms with E-state index >= 15 is 0 Å². The average Bonchev–Trinajstić information content (AvgIpc) is 2.36. The molecule has 1 saturated carbocycles. The van der Waals surface area contributed by atoms with Gasteiger partial charge in [0, 0.05) is 11.5 Å². The fourth-order valence-corrected chi connectivity index (χ4v) is 1.82. The molecule has 0 unspecified atom stereocenters.